The summed E-state index contributed by atoms with van der Waals surface area (Å²) in [5.74, 6) is 1.17. The van der Waals surface area contributed by atoms with Crippen molar-refractivity contribution in [2.45, 2.75) is 31.8 Å². The summed E-state index contributed by atoms with van der Waals surface area (Å²) in [6.07, 6.45) is 5.71. The Balaban J connectivity index is 1.63. The summed E-state index contributed by atoms with van der Waals surface area (Å²) in [7, 11) is 2.18. The zero-order chi connectivity index (χ0) is 18.1. The summed E-state index contributed by atoms with van der Waals surface area (Å²) < 4.78 is 7.53. The number of aromatic nitrogens is 2. The molecule has 1 saturated heterocycles. The Kier molecular flexibility index (Phi) is 4.54. The van der Waals surface area contributed by atoms with E-state index in [-0.39, 0.29) is 18.1 Å². The number of fused-ring (bicyclic) bond motifs is 4. The first kappa shape index (κ1) is 17.2. The zero-order valence-corrected chi connectivity index (χ0v) is 15.5. The molecular formula is C20H26N4O2. The van der Waals surface area contributed by atoms with Gasteiger partial charge in [-0.1, -0.05) is 18.2 Å². The van der Waals surface area contributed by atoms with E-state index in [1.54, 1.807) is 0 Å². The van der Waals surface area contributed by atoms with Gasteiger partial charge in [0, 0.05) is 38.6 Å². The number of hydrogen-bond acceptors (Lipinski definition) is 4. The first-order valence-electron chi connectivity index (χ1n) is 9.34. The van der Waals surface area contributed by atoms with E-state index in [4.69, 9.17) is 9.72 Å². The van der Waals surface area contributed by atoms with Crippen LogP contribution in [-0.4, -0.2) is 58.6 Å². The second-order valence-electron chi connectivity index (χ2n) is 7.16. The van der Waals surface area contributed by atoms with Crippen LogP contribution in [0.15, 0.2) is 36.7 Å². The number of benzene rings is 1. The van der Waals surface area contributed by atoms with Crippen LogP contribution in [0.5, 0.6) is 0 Å². The Bertz CT molecular complexity index is 793. The third kappa shape index (κ3) is 2.73. The molecule has 0 aliphatic carbocycles. The molecule has 1 aromatic carbocycles. The van der Waals surface area contributed by atoms with Crippen molar-refractivity contribution in [2.75, 3.05) is 33.4 Å². The molecule has 1 aromatic heterocycles. The van der Waals surface area contributed by atoms with Crippen molar-refractivity contribution in [1.29, 1.82) is 0 Å². The maximum absolute atomic E-state index is 12.3. The molecule has 2 aliphatic heterocycles. The topological polar surface area (TPSA) is 50.6 Å². The van der Waals surface area contributed by atoms with Gasteiger partial charge >= 0.3 is 0 Å². The number of ether oxygens (including phenoxy) is 1. The third-order valence-corrected chi connectivity index (χ3v) is 5.82. The Morgan fingerprint density at radius 3 is 2.81 bits per heavy atom. The highest BCUT2D eigenvalue weighted by Crippen LogP contribution is 2.41. The van der Waals surface area contributed by atoms with Crippen LogP contribution in [0.25, 0.3) is 5.69 Å². The summed E-state index contributed by atoms with van der Waals surface area (Å²) >= 11 is 0. The van der Waals surface area contributed by atoms with E-state index in [0.29, 0.717) is 6.61 Å². The molecular weight excluding hydrogens is 328 g/mol. The van der Waals surface area contributed by atoms with E-state index in [1.165, 1.54) is 11.3 Å². The normalized spacial score (nSPS) is 19.1. The Morgan fingerprint density at radius 1 is 1.27 bits per heavy atom. The van der Waals surface area contributed by atoms with Crippen molar-refractivity contribution in [3.63, 3.8) is 0 Å². The summed E-state index contributed by atoms with van der Waals surface area (Å²) in [6, 6.07) is 8.52. The fourth-order valence-corrected chi connectivity index (χ4v) is 4.31. The van der Waals surface area contributed by atoms with Gasteiger partial charge in [0.05, 0.1) is 11.2 Å². The van der Waals surface area contributed by atoms with Crippen LogP contribution in [0.1, 0.15) is 31.2 Å². The van der Waals surface area contributed by atoms with Crippen LogP contribution in [0, 0.1) is 0 Å². The molecule has 4 rings (SSSR count). The van der Waals surface area contributed by atoms with Gasteiger partial charge in [-0.25, -0.2) is 4.98 Å². The molecule has 1 amide bonds. The van der Waals surface area contributed by atoms with E-state index in [9.17, 15) is 4.79 Å². The quantitative estimate of drug-likeness (QED) is 0.848. The molecule has 6 heteroatoms. The number of piperidine rings is 1. The standard InChI is InChI=1S/C20H26N4O2/c1-3-26-15-18(25)23-11-8-20(9-12-23)19-21-10-13-24(19)17-7-5-4-6-16(17)14-22(20)2/h4-7,10,13H,3,8-9,11-12,14-15H2,1-2H3. The molecule has 0 radical (unpaired) electrons. The third-order valence-electron chi connectivity index (χ3n) is 5.82. The molecule has 138 valence electrons. The van der Waals surface area contributed by atoms with Crippen molar-refractivity contribution in [1.82, 2.24) is 19.4 Å². The number of nitrogens with zero attached hydrogens (tertiary/aromatic N) is 4. The van der Waals surface area contributed by atoms with Crippen LogP contribution >= 0.6 is 0 Å². The van der Waals surface area contributed by atoms with Crippen molar-refractivity contribution in [2.24, 2.45) is 0 Å². The van der Waals surface area contributed by atoms with Gasteiger partial charge in [0.1, 0.15) is 12.4 Å². The SMILES string of the molecule is CCOCC(=O)N1CCC2(CC1)c1nccn1-c1ccccc1CN2C. The van der Waals surface area contributed by atoms with Crippen molar-refractivity contribution in [3.05, 3.63) is 48.0 Å². The second-order valence-corrected chi connectivity index (χ2v) is 7.16. The minimum atomic E-state index is -0.148. The first-order chi connectivity index (χ1) is 12.7. The number of likely N-dealkylation sites (tertiary alicyclic amines) is 1. The number of rotatable bonds is 3. The monoisotopic (exact) mass is 354 g/mol. The second kappa shape index (κ2) is 6.85. The summed E-state index contributed by atoms with van der Waals surface area (Å²) in [6.45, 7) is 5.02. The highest BCUT2D eigenvalue weighted by atomic mass is 16.5. The van der Waals surface area contributed by atoms with Gasteiger partial charge in [-0.15, -0.1) is 0 Å². The van der Waals surface area contributed by atoms with Gasteiger partial charge in [-0.3, -0.25) is 9.69 Å². The van der Waals surface area contributed by atoms with E-state index in [0.717, 1.165) is 38.3 Å². The molecule has 3 heterocycles. The fraction of sp³-hybridized carbons (Fsp3) is 0.500. The van der Waals surface area contributed by atoms with Gasteiger partial charge in [-0.2, -0.15) is 0 Å². The van der Waals surface area contributed by atoms with Crippen molar-refractivity contribution < 1.29 is 9.53 Å². The molecule has 2 aromatic rings. The summed E-state index contributed by atoms with van der Waals surface area (Å²) in [5, 5.41) is 0. The van der Waals surface area contributed by atoms with Gasteiger partial charge in [0.2, 0.25) is 5.91 Å². The summed E-state index contributed by atoms with van der Waals surface area (Å²) in [4.78, 5) is 21.4. The average molecular weight is 354 g/mol. The first-order valence-corrected chi connectivity index (χ1v) is 9.34. The molecule has 6 nitrogen and oxygen atoms in total. The molecule has 2 aliphatic rings. The molecule has 0 N–H and O–H groups in total. The zero-order valence-electron chi connectivity index (χ0n) is 15.5. The van der Waals surface area contributed by atoms with Crippen LogP contribution < -0.4 is 0 Å². The van der Waals surface area contributed by atoms with Crippen molar-refractivity contribution in [3.8, 4) is 5.69 Å². The maximum atomic E-state index is 12.3. The van der Waals surface area contributed by atoms with E-state index in [1.807, 2.05) is 18.0 Å². The predicted octanol–water partition coefficient (Wildman–Crippen LogP) is 2.17. The molecule has 1 spiro atoms. The number of amides is 1. The number of imidazole rings is 1. The largest absolute Gasteiger partial charge is 0.372 e. The predicted molar refractivity (Wildman–Crippen MR) is 99.0 cm³/mol. The lowest BCUT2D eigenvalue weighted by Crippen LogP contribution is -2.53. The number of para-hydroxylation sites is 1. The van der Waals surface area contributed by atoms with Crippen molar-refractivity contribution >= 4 is 5.91 Å². The van der Waals surface area contributed by atoms with E-state index >= 15 is 0 Å². The minimum Gasteiger partial charge on any atom is -0.372 e. The maximum Gasteiger partial charge on any atom is 0.248 e. The number of carbonyl (C=O) groups is 1. The lowest BCUT2D eigenvalue weighted by molar-refractivity contribution is -0.139. The molecule has 0 unspecified atom stereocenters. The van der Waals surface area contributed by atoms with Crippen LogP contribution in [0.3, 0.4) is 0 Å². The molecule has 0 saturated carbocycles. The van der Waals surface area contributed by atoms with Gasteiger partial charge in [0.25, 0.3) is 0 Å². The Hall–Kier alpha value is -2.18. The van der Waals surface area contributed by atoms with Gasteiger partial charge in [-0.05, 0) is 38.4 Å². The lowest BCUT2D eigenvalue weighted by Gasteiger charge is -2.46. The van der Waals surface area contributed by atoms with Crippen LogP contribution in [0.2, 0.25) is 0 Å². The Morgan fingerprint density at radius 2 is 2.04 bits per heavy atom. The van der Waals surface area contributed by atoms with Crippen LogP contribution in [0.4, 0.5) is 0 Å². The van der Waals surface area contributed by atoms with Crippen LogP contribution in [-0.2, 0) is 21.6 Å². The molecule has 0 atom stereocenters. The molecule has 26 heavy (non-hydrogen) atoms. The molecule has 0 bridgehead atoms. The Labute approximate surface area is 154 Å². The van der Waals surface area contributed by atoms with Gasteiger partial charge in [0.15, 0.2) is 0 Å². The summed E-state index contributed by atoms with van der Waals surface area (Å²) in [5.41, 5.74) is 2.37. The average Bonchev–Trinajstić information content (AvgIpc) is 3.13. The molecule has 1 fully saturated rings. The van der Waals surface area contributed by atoms with E-state index in [2.05, 4.69) is 47.0 Å². The number of hydrogen-bond donors (Lipinski definition) is 0. The van der Waals surface area contributed by atoms with E-state index < -0.39 is 0 Å². The highest BCUT2D eigenvalue weighted by molar-refractivity contribution is 5.77. The fourth-order valence-electron chi connectivity index (χ4n) is 4.31. The minimum absolute atomic E-state index is 0.0876. The lowest BCUT2D eigenvalue weighted by atomic mass is 9.84. The highest BCUT2D eigenvalue weighted by Gasteiger charge is 2.45. The number of carbonyl (C=O) groups excluding carboxylic acids is 1. The van der Waals surface area contributed by atoms with Gasteiger partial charge < -0.3 is 14.2 Å². The smallest absolute Gasteiger partial charge is 0.248 e.